The van der Waals surface area contributed by atoms with E-state index in [0.717, 1.165) is 23.2 Å². The van der Waals surface area contributed by atoms with Crippen molar-refractivity contribution in [3.8, 4) is 5.95 Å². The molecule has 1 saturated heterocycles. The summed E-state index contributed by atoms with van der Waals surface area (Å²) in [5, 5.41) is 4.57. The topological polar surface area (TPSA) is 84.1 Å². The predicted molar refractivity (Wildman–Crippen MR) is 122 cm³/mol. The van der Waals surface area contributed by atoms with E-state index >= 15 is 0 Å². The molecular formula is C24H22ClN3O4. The molecule has 1 N–H and O–H groups in total. The first-order valence-electron chi connectivity index (χ1n) is 10.2. The molecule has 7 nitrogen and oxygen atoms in total. The zero-order valence-electron chi connectivity index (χ0n) is 17.5. The van der Waals surface area contributed by atoms with Crippen molar-refractivity contribution < 1.29 is 18.7 Å². The lowest BCUT2D eigenvalue weighted by molar-refractivity contribution is -0.117. The van der Waals surface area contributed by atoms with Crippen molar-refractivity contribution in [1.82, 2.24) is 5.43 Å². The van der Waals surface area contributed by atoms with Gasteiger partial charge in [0.15, 0.2) is 5.76 Å². The van der Waals surface area contributed by atoms with E-state index < -0.39 is 0 Å². The first kappa shape index (κ1) is 21.6. The summed E-state index contributed by atoms with van der Waals surface area (Å²) in [6, 6.07) is 15.9. The van der Waals surface area contributed by atoms with E-state index in [1.165, 1.54) is 6.21 Å². The van der Waals surface area contributed by atoms with Crippen LogP contribution in [0.2, 0.25) is 5.02 Å². The van der Waals surface area contributed by atoms with Gasteiger partial charge in [-0.1, -0.05) is 23.7 Å². The maximum atomic E-state index is 12.3. The minimum Gasteiger partial charge on any atom is -0.460 e. The molecule has 0 spiro atoms. The van der Waals surface area contributed by atoms with Crippen LogP contribution in [-0.4, -0.2) is 24.6 Å². The van der Waals surface area contributed by atoms with Crippen molar-refractivity contribution >= 4 is 35.3 Å². The van der Waals surface area contributed by atoms with E-state index in [1.807, 2.05) is 25.1 Å². The van der Waals surface area contributed by atoms with Crippen LogP contribution in [0.25, 0.3) is 0 Å². The number of aryl methyl sites for hydroxylation is 1. The number of hydrazone groups is 1. The third-order valence-electron chi connectivity index (χ3n) is 5.19. The highest BCUT2D eigenvalue weighted by Gasteiger charge is 2.21. The number of carbonyl (C=O) groups excluding carboxylic acids is 2. The summed E-state index contributed by atoms with van der Waals surface area (Å²) in [7, 11) is 0. The van der Waals surface area contributed by atoms with Gasteiger partial charge >= 0.3 is 0 Å². The Bertz CT molecular complexity index is 1130. The first-order chi connectivity index (χ1) is 15.5. The van der Waals surface area contributed by atoms with Crippen LogP contribution in [0.3, 0.4) is 0 Å². The standard InChI is InChI=1S/C24H22ClN3O4/c1-16-4-2-5-21(25)20(16)15-31-23-12-11-19(32-23)14-26-27-24(30)17-7-9-18(10-8-17)28-13-3-6-22(28)29/h2,4-5,7-12,14H,3,6,13,15H2,1H3,(H,27,30)/b26-14+. The number of hydrogen-bond donors (Lipinski definition) is 1. The van der Waals surface area contributed by atoms with Gasteiger partial charge in [-0.25, -0.2) is 5.43 Å². The Kier molecular flexibility index (Phi) is 6.56. The smallest absolute Gasteiger partial charge is 0.285 e. The highest BCUT2D eigenvalue weighted by molar-refractivity contribution is 6.31. The number of hydrogen-bond acceptors (Lipinski definition) is 5. The molecule has 1 aromatic heterocycles. The summed E-state index contributed by atoms with van der Waals surface area (Å²) in [4.78, 5) is 25.8. The van der Waals surface area contributed by atoms with Crippen LogP contribution in [0.1, 0.15) is 40.1 Å². The molecule has 1 aliphatic heterocycles. The number of amides is 2. The van der Waals surface area contributed by atoms with Crippen LogP contribution in [0, 0.1) is 6.92 Å². The molecule has 0 unspecified atom stereocenters. The maximum absolute atomic E-state index is 12.3. The normalized spacial score (nSPS) is 13.7. The van der Waals surface area contributed by atoms with Gasteiger partial charge in [-0.3, -0.25) is 9.59 Å². The Balaban J connectivity index is 1.30. The van der Waals surface area contributed by atoms with Gasteiger partial charge in [0.25, 0.3) is 11.9 Å². The SMILES string of the molecule is Cc1cccc(Cl)c1COc1ccc(/C=N/NC(=O)c2ccc(N3CCCC3=O)cc2)o1. The Morgan fingerprint density at radius 3 is 2.75 bits per heavy atom. The molecular weight excluding hydrogens is 430 g/mol. The molecule has 2 aromatic carbocycles. The Morgan fingerprint density at radius 2 is 2.03 bits per heavy atom. The zero-order valence-corrected chi connectivity index (χ0v) is 18.3. The van der Waals surface area contributed by atoms with Gasteiger partial charge in [-0.05, 0) is 55.3 Å². The van der Waals surface area contributed by atoms with Crippen molar-refractivity contribution in [2.45, 2.75) is 26.4 Å². The molecule has 2 amide bonds. The van der Waals surface area contributed by atoms with Crippen molar-refractivity contribution in [3.63, 3.8) is 0 Å². The quantitative estimate of drug-likeness (QED) is 0.416. The van der Waals surface area contributed by atoms with Crippen LogP contribution in [0.4, 0.5) is 5.69 Å². The number of rotatable bonds is 7. The highest BCUT2D eigenvalue weighted by atomic mass is 35.5. The van der Waals surface area contributed by atoms with E-state index in [0.29, 0.717) is 35.3 Å². The molecule has 1 fully saturated rings. The Labute approximate surface area is 190 Å². The number of benzene rings is 2. The van der Waals surface area contributed by atoms with Crippen LogP contribution < -0.4 is 15.1 Å². The van der Waals surface area contributed by atoms with E-state index in [9.17, 15) is 9.59 Å². The van der Waals surface area contributed by atoms with Gasteiger partial charge in [-0.2, -0.15) is 5.10 Å². The second-order valence-electron chi connectivity index (χ2n) is 7.38. The second kappa shape index (κ2) is 9.70. The molecule has 164 valence electrons. The summed E-state index contributed by atoms with van der Waals surface area (Å²) < 4.78 is 11.2. The monoisotopic (exact) mass is 451 g/mol. The average Bonchev–Trinajstić information content (AvgIpc) is 3.42. The molecule has 0 aliphatic carbocycles. The lowest BCUT2D eigenvalue weighted by atomic mass is 10.1. The lowest BCUT2D eigenvalue weighted by Crippen LogP contribution is -2.24. The summed E-state index contributed by atoms with van der Waals surface area (Å²) in [6.45, 7) is 2.96. The van der Waals surface area contributed by atoms with Crippen LogP contribution >= 0.6 is 11.6 Å². The summed E-state index contributed by atoms with van der Waals surface area (Å²) in [5.74, 6) is 0.497. The highest BCUT2D eigenvalue weighted by Crippen LogP contribution is 2.23. The fourth-order valence-corrected chi connectivity index (χ4v) is 3.68. The molecule has 0 atom stereocenters. The number of carbonyl (C=O) groups is 2. The molecule has 0 radical (unpaired) electrons. The Hall–Kier alpha value is -3.58. The minimum atomic E-state index is -0.363. The largest absolute Gasteiger partial charge is 0.460 e. The van der Waals surface area contributed by atoms with Crippen molar-refractivity contribution in [2.75, 3.05) is 11.4 Å². The number of anilines is 1. The van der Waals surface area contributed by atoms with Gasteiger partial charge in [0.1, 0.15) is 6.61 Å². The number of nitrogens with zero attached hydrogens (tertiary/aromatic N) is 2. The molecule has 8 heteroatoms. The van der Waals surface area contributed by atoms with Crippen molar-refractivity contribution in [2.24, 2.45) is 5.10 Å². The van der Waals surface area contributed by atoms with Crippen LogP contribution in [-0.2, 0) is 11.4 Å². The van der Waals surface area contributed by atoms with Gasteiger partial charge in [0.05, 0.1) is 6.21 Å². The number of halogens is 1. The van der Waals surface area contributed by atoms with E-state index in [2.05, 4.69) is 10.5 Å². The van der Waals surface area contributed by atoms with Crippen molar-refractivity contribution in [1.29, 1.82) is 0 Å². The van der Waals surface area contributed by atoms with Gasteiger partial charge in [0, 0.05) is 40.9 Å². The zero-order chi connectivity index (χ0) is 22.5. The fourth-order valence-electron chi connectivity index (χ4n) is 3.41. The fraction of sp³-hybridized carbons (Fsp3) is 0.208. The maximum Gasteiger partial charge on any atom is 0.285 e. The molecule has 1 aliphatic rings. The third-order valence-corrected chi connectivity index (χ3v) is 5.54. The molecule has 2 heterocycles. The summed E-state index contributed by atoms with van der Waals surface area (Å²) in [5.41, 5.74) is 5.63. The number of ether oxygens (including phenoxy) is 1. The predicted octanol–water partition coefficient (Wildman–Crippen LogP) is 4.71. The molecule has 0 bridgehead atoms. The molecule has 3 aromatic rings. The lowest BCUT2D eigenvalue weighted by Gasteiger charge is -2.15. The second-order valence-corrected chi connectivity index (χ2v) is 7.78. The van der Waals surface area contributed by atoms with Crippen LogP contribution in [0.15, 0.2) is 64.1 Å². The number of furan rings is 1. The third kappa shape index (κ3) is 5.00. The minimum absolute atomic E-state index is 0.107. The molecule has 32 heavy (non-hydrogen) atoms. The first-order valence-corrected chi connectivity index (χ1v) is 10.6. The molecule has 0 saturated carbocycles. The average molecular weight is 452 g/mol. The van der Waals surface area contributed by atoms with Gasteiger partial charge < -0.3 is 14.1 Å². The van der Waals surface area contributed by atoms with Gasteiger partial charge in [0.2, 0.25) is 5.91 Å². The van der Waals surface area contributed by atoms with E-state index in [1.54, 1.807) is 41.3 Å². The van der Waals surface area contributed by atoms with Gasteiger partial charge in [-0.15, -0.1) is 0 Å². The molecule has 4 rings (SSSR count). The van der Waals surface area contributed by atoms with E-state index in [4.69, 9.17) is 20.8 Å². The van der Waals surface area contributed by atoms with Crippen molar-refractivity contribution in [3.05, 3.63) is 82.1 Å². The summed E-state index contributed by atoms with van der Waals surface area (Å²) >= 11 is 6.21. The summed E-state index contributed by atoms with van der Waals surface area (Å²) in [6.07, 6.45) is 2.81. The Morgan fingerprint density at radius 1 is 1.22 bits per heavy atom. The van der Waals surface area contributed by atoms with E-state index in [-0.39, 0.29) is 18.4 Å². The number of nitrogens with one attached hydrogen (secondary N) is 1. The van der Waals surface area contributed by atoms with Crippen LogP contribution in [0.5, 0.6) is 5.95 Å².